The molecule has 2 aliphatic heterocycles. The maximum absolute atomic E-state index is 12.4. The number of carbonyl (C=O) groups is 1. The number of hydrogen-bond acceptors (Lipinski definition) is 5. The zero-order chi connectivity index (χ0) is 23.8. The number of rotatable bonds is 6. The van der Waals surface area contributed by atoms with E-state index < -0.39 is 11.5 Å². The van der Waals surface area contributed by atoms with Gasteiger partial charge >= 0.3 is 13.1 Å². The van der Waals surface area contributed by atoms with E-state index in [1.807, 2.05) is 0 Å². The van der Waals surface area contributed by atoms with Crippen molar-refractivity contribution in [3.63, 3.8) is 0 Å². The molecule has 2 saturated heterocycles. The third-order valence-corrected chi connectivity index (χ3v) is 11.0. The van der Waals surface area contributed by atoms with E-state index in [1.54, 1.807) is 0 Å². The molecule has 33 heavy (non-hydrogen) atoms. The van der Waals surface area contributed by atoms with Gasteiger partial charge in [0.15, 0.2) is 0 Å². The molecule has 6 rings (SSSR count). The maximum atomic E-state index is 12.4. The van der Waals surface area contributed by atoms with E-state index in [2.05, 4.69) is 39.5 Å². The van der Waals surface area contributed by atoms with Gasteiger partial charge in [0.05, 0.1) is 11.7 Å². The summed E-state index contributed by atoms with van der Waals surface area (Å²) in [5.74, 6) is 0.734. The quantitative estimate of drug-likeness (QED) is 0.582. The van der Waals surface area contributed by atoms with Crippen LogP contribution in [-0.4, -0.2) is 60.0 Å². The van der Waals surface area contributed by atoms with Crippen molar-refractivity contribution in [3.05, 3.63) is 0 Å². The van der Waals surface area contributed by atoms with Crippen LogP contribution < -0.4 is 5.73 Å². The molecule has 186 valence electrons. The summed E-state index contributed by atoms with van der Waals surface area (Å²) in [5.41, 5.74) is 5.78. The molecule has 0 spiro atoms. The lowest BCUT2D eigenvalue weighted by Crippen LogP contribution is -2.65. The highest BCUT2D eigenvalue weighted by Gasteiger charge is 2.67. The molecule has 2 bridgehead atoms. The van der Waals surface area contributed by atoms with E-state index in [4.69, 9.17) is 15.0 Å². The van der Waals surface area contributed by atoms with Gasteiger partial charge in [-0.1, -0.05) is 34.1 Å². The molecule has 1 unspecified atom stereocenters. The Morgan fingerprint density at radius 3 is 2.42 bits per heavy atom. The zero-order valence-corrected chi connectivity index (χ0v) is 21.4. The lowest BCUT2D eigenvalue weighted by Gasteiger charge is -2.64. The average Bonchev–Trinajstić information content (AvgIpc) is 3.35. The van der Waals surface area contributed by atoms with Crippen LogP contribution in [0.15, 0.2) is 0 Å². The molecule has 0 radical (unpaired) electrons. The second-order valence-corrected chi connectivity index (χ2v) is 13.6. The molecule has 0 aromatic heterocycles. The zero-order valence-electron chi connectivity index (χ0n) is 21.4. The first-order valence-electron chi connectivity index (χ1n) is 13.4. The highest BCUT2D eigenvalue weighted by atomic mass is 16.7. The highest BCUT2D eigenvalue weighted by molar-refractivity contribution is 6.45. The lowest BCUT2D eigenvalue weighted by molar-refractivity contribution is -0.199. The van der Waals surface area contributed by atoms with E-state index in [9.17, 15) is 9.90 Å². The van der Waals surface area contributed by atoms with Crippen LogP contribution in [-0.2, 0) is 14.1 Å². The number of carboxylic acid groups (broad SMARTS) is 1. The Kier molecular flexibility index (Phi) is 5.80. The van der Waals surface area contributed by atoms with E-state index in [0.29, 0.717) is 17.8 Å². The molecule has 6 nitrogen and oxygen atoms in total. The minimum atomic E-state index is -1.15. The maximum Gasteiger partial charge on any atom is 0.457 e. The van der Waals surface area contributed by atoms with Gasteiger partial charge in [0, 0.05) is 12.5 Å². The largest absolute Gasteiger partial charge is 0.480 e. The Balaban J connectivity index is 1.24. The normalized spacial score (nSPS) is 46.1. The minimum Gasteiger partial charge on any atom is -0.480 e. The van der Waals surface area contributed by atoms with Gasteiger partial charge in [0.1, 0.15) is 5.54 Å². The van der Waals surface area contributed by atoms with Crippen molar-refractivity contribution in [1.82, 2.24) is 4.90 Å². The van der Waals surface area contributed by atoms with Gasteiger partial charge in [-0.15, -0.1) is 0 Å². The summed E-state index contributed by atoms with van der Waals surface area (Å²) in [7, 11) is -0.176. The highest BCUT2D eigenvalue weighted by Crippen LogP contribution is 2.66. The summed E-state index contributed by atoms with van der Waals surface area (Å²) in [4.78, 5) is 14.8. The van der Waals surface area contributed by atoms with Crippen LogP contribution in [0, 0.1) is 34.5 Å². The van der Waals surface area contributed by atoms with Crippen LogP contribution in [0.25, 0.3) is 0 Å². The molecular weight excluding hydrogens is 415 g/mol. The van der Waals surface area contributed by atoms with E-state index in [-0.39, 0.29) is 36.1 Å². The van der Waals surface area contributed by atoms with Crippen LogP contribution in [0.2, 0.25) is 6.32 Å². The number of likely N-dealkylation sites (tertiary alicyclic amines) is 1. The van der Waals surface area contributed by atoms with Crippen molar-refractivity contribution in [2.75, 3.05) is 19.6 Å². The standard InChI is InChI=1S/C26H45BN2O4/c1-23(2)14-19(16-29-10-6-7-11-29)26(28,22(30)31)15-17(23)8-9-27-32-21-13-18-12-20(24(18,3)4)25(21,5)33-27/h17-21H,6-16,28H2,1-5H3,(H,30,31)/t17-,18+,19?,20+,21-,25+,26+/m0/s1. The molecule has 2 heterocycles. The Morgan fingerprint density at radius 1 is 1.09 bits per heavy atom. The predicted molar refractivity (Wildman–Crippen MR) is 130 cm³/mol. The molecule has 4 saturated carbocycles. The van der Waals surface area contributed by atoms with Crippen LogP contribution in [0.5, 0.6) is 0 Å². The Labute approximate surface area is 200 Å². The van der Waals surface area contributed by atoms with Gasteiger partial charge in [-0.3, -0.25) is 4.79 Å². The van der Waals surface area contributed by atoms with Crippen LogP contribution in [0.4, 0.5) is 0 Å². The van der Waals surface area contributed by atoms with E-state index in [0.717, 1.165) is 51.1 Å². The summed E-state index contributed by atoms with van der Waals surface area (Å²) in [6.07, 6.45) is 8.13. The van der Waals surface area contributed by atoms with Crippen molar-refractivity contribution < 1.29 is 19.2 Å². The van der Waals surface area contributed by atoms with E-state index >= 15 is 0 Å². The minimum absolute atomic E-state index is 0.00542. The van der Waals surface area contributed by atoms with Crippen LogP contribution in [0.1, 0.15) is 79.6 Å². The first-order valence-corrected chi connectivity index (χ1v) is 13.4. The summed E-state index contributed by atoms with van der Waals surface area (Å²) in [6.45, 7) is 14.6. The fourth-order valence-corrected chi connectivity index (χ4v) is 8.51. The van der Waals surface area contributed by atoms with Gasteiger partial charge in [-0.05, 0) is 93.4 Å². The Morgan fingerprint density at radius 2 is 1.79 bits per heavy atom. The molecule has 4 aliphatic carbocycles. The molecule has 7 atom stereocenters. The number of hydrogen-bond donors (Lipinski definition) is 2. The van der Waals surface area contributed by atoms with Gasteiger partial charge in [-0.2, -0.15) is 0 Å². The van der Waals surface area contributed by atoms with Crippen molar-refractivity contribution in [2.24, 2.45) is 40.2 Å². The van der Waals surface area contributed by atoms with Gasteiger partial charge < -0.3 is 25.0 Å². The van der Waals surface area contributed by atoms with Gasteiger partial charge in [-0.25, -0.2) is 0 Å². The fraction of sp³-hybridized carbons (Fsp3) is 0.962. The Hall–Kier alpha value is -0.625. The summed E-state index contributed by atoms with van der Waals surface area (Å²) in [5, 5.41) is 10.2. The van der Waals surface area contributed by atoms with Gasteiger partial charge in [0.2, 0.25) is 0 Å². The molecular formula is C26H45BN2O4. The molecule has 0 amide bonds. The molecule has 6 fully saturated rings. The number of nitrogens with two attached hydrogens (primary N) is 1. The number of nitrogens with zero attached hydrogens (tertiary/aromatic N) is 1. The third-order valence-electron chi connectivity index (χ3n) is 11.0. The topological polar surface area (TPSA) is 85.0 Å². The lowest BCUT2D eigenvalue weighted by atomic mass is 9.43. The second-order valence-electron chi connectivity index (χ2n) is 13.6. The predicted octanol–water partition coefficient (Wildman–Crippen LogP) is 4.04. The summed E-state index contributed by atoms with van der Waals surface area (Å²) in [6, 6.07) is 0. The summed E-state index contributed by atoms with van der Waals surface area (Å²) < 4.78 is 13.1. The van der Waals surface area contributed by atoms with Gasteiger partial charge in [0.25, 0.3) is 0 Å². The molecule has 3 N–H and O–H groups in total. The number of aliphatic carboxylic acids is 1. The molecule has 0 aromatic rings. The molecule has 6 aliphatic rings. The van der Waals surface area contributed by atoms with Crippen molar-refractivity contribution in [2.45, 2.75) is 103 Å². The first-order chi connectivity index (χ1) is 15.4. The van der Waals surface area contributed by atoms with Crippen LogP contribution >= 0.6 is 0 Å². The molecule has 0 aromatic carbocycles. The van der Waals surface area contributed by atoms with E-state index in [1.165, 1.54) is 19.3 Å². The third kappa shape index (κ3) is 3.80. The molecule has 7 heteroatoms. The summed E-state index contributed by atoms with van der Waals surface area (Å²) >= 11 is 0. The average molecular weight is 460 g/mol. The van der Waals surface area contributed by atoms with Crippen molar-refractivity contribution in [1.29, 1.82) is 0 Å². The monoisotopic (exact) mass is 460 g/mol. The fourth-order valence-electron chi connectivity index (χ4n) is 8.51. The second kappa shape index (κ2) is 7.94. The smallest absolute Gasteiger partial charge is 0.457 e. The SMILES string of the molecule is CC1(C)CC(CN2CCCC2)[C@@](N)(C(=O)O)C[C@@H]1CCB1O[C@H]2C[C@H]3C[C@H](C3(C)C)[C@@]2(C)O1. The first kappa shape index (κ1) is 24.1. The van der Waals surface area contributed by atoms with Crippen molar-refractivity contribution >= 4 is 13.1 Å². The Bertz CT molecular complexity index is 784. The van der Waals surface area contributed by atoms with Crippen molar-refractivity contribution in [3.8, 4) is 0 Å². The van der Waals surface area contributed by atoms with Crippen LogP contribution in [0.3, 0.4) is 0 Å². The number of carboxylic acids is 1.